The van der Waals surface area contributed by atoms with Gasteiger partial charge >= 0.3 is 0 Å². The molecule has 5 aromatic rings. The van der Waals surface area contributed by atoms with Crippen molar-refractivity contribution in [3.63, 3.8) is 0 Å². The van der Waals surface area contributed by atoms with E-state index in [-0.39, 0.29) is 6.79 Å². The molecule has 0 saturated carbocycles. The molecule has 130 valence electrons. The molecule has 0 atom stereocenters. The average Bonchev–Trinajstić information content (AvgIpc) is 3.43. The van der Waals surface area contributed by atoms with Crippen molar-refractivity contribution in [1.82, 2.24) is 19.9 Å². The lowest BCUT2D eigenvalue weighted by atomic mass is 10.2. The fourth-order valence-electron chi connectivity index (χ4n) is 3.29. The summed E-state index contributed by atoms with van der Waals surface area (Å²) in [5.41, 5.74) is 4.82. The fraction of sp³-hybridized carbons (Fsp3) is 0.0500. The van der Waals surface area contributed by atoms with Crippen molar-refractivity contribution in [3.05, 3.63) is 54.9 Å². The number of nitrogens with one attached hydrogen (secondary N) is 1. The van der Waals surface area contributed by atoms with Crippen LogP contribution in [0.4, 0.5) is 0 Å². The zero-order valence-electron chi connectivity index (χ0n) is 14.0. The van der Waals surface area contributed by atoms with Gasteiger partial charge in [-0.05, 0) is 36.4 Å². The molecule has 1 aliphatic heterocycles. The summed E-state index contributed by atoms with van der Waals surface area (Å²) < 4.78 is 11.9. The molecule has 27 heavy (non-hydrogen) atoms. The molecule has 0 saturated heterocycles. The molecule has 1 aliphatic rings. The highest BCUT2D eigenvalue weighted by Crippen LogP contribution is 2.37. The van der Waals surface area contributed by atoms with Gasteiger partial charge in [0, 0.05) is 23.5 Å². The molecule has 6 rings (SSSR count). The first-order valence-electron chi connectivity index (χ1n) is 8.45. The number of hydrogen-bond donors (Lipinski definition) is 1. The van der Waals surface area contributed by atoms with Crippen molar-refractivity contribution in [2.24, 2.45) is 0 Å². The molecule has 0 aliphatic carbocycles. The molecule has 2 aromatic carbocycles. The van der Waals surface area contributed by atoms with Crippen LogP contribution >= 0.6 is 11.3 Å². The van der Waals surface area contributed by atoms with E-state index in [2.05, 4.69) is 16.0 Å². The summed E-state index contributed by atoms with van der Waals surface area (Å²) in [5, 5.41) is 0.949. The SMILES string of the molecule is c1cc(-c2nc3ccncc3s2)c2[nH]c(-c3ccc4c(c3)OCO4)nc2c1. The van der Waals surface area contributed by atoms with Gasteiger partial charge in [-0.25, -0.2) is 9.97 Å². The summed E-state index contributed by atoms with van der Waals surface area (Å²) in [6.45, 7) is 0.259. The smallest absolute Gasteiger partial charge is 0.231 e. The molecule has 0 radical (unpaired) electrons. The number of aromatic amines is 1. The number of thiazole rings is 1. The van der Waals surface area contributed by atoms with Crippen molar-refractivity contribution < 1.29 is 9.47 Å². The largest absolute Gasteiger partial charge is 0.454 e. The monoisotopic (exact) mass is 372 g/mol. The number of nitrogens with zero attached hydrogens (tertiary/aromatic N) is 3. The molecular weight excluding hydrogens is 360 g/mol. The molecule has 0 unspecified atom stereocenters. The lowest BCUT2D eigenvalue weighted by molar-refractivity contribution is 0.174. The lowest BCUT2D eigenvalue weighted by Crippen LogP contribution is -1.92. The maximum absolute atomic E-state index is 5.48. The van der Waals surface area contributed by atoms with E-state index >= 15 is 0 Å². The van der Waals surface area contributed by atoms with Crippen LogP contribution in [0.15, 0.2) is 54.9 Å². The number of ether oxygens (including phenoxy) is 2. The van der Waals surface area contributed by atoms with E-state index in [4.69, 9.17) is 19.4 Å². The molecule has 7 heteroatoms. The Morgan fingerprint density at radius 3 is 2.89 bits per heavy atom. The van der Waals surface area contributed by atoms with E-state index in [9.17, 15) is 0 Å². The van der Waals surface area contributed by atoms with Crippen LogP contribution in [0.25, 0.3) is 43.2 Å². The normalized spacial score (nSPS) is 12.9. The Kier molecular flexibility index (Phi) is 3.00. The molecule has 6 nitrogen and oxygen atoms in total. The Morgan fingerprint density at radius 1 is 0.963 bits per heavy atom. The lowest BCUT2D eigenvalue weighted by Gasteiger charge is -1.99. The Bertz CT molecular complexity index is 1290. The molecule has 0 fully saturated rings. The minimum Gasteiger partial charge on any atom is -0.454 e. The first-order valence-corrected chi connectivity index (χ1v) is 9.26. The highest BCUT2D eigenvalue weighted by atomic mass is 32.1. The topological polar surface area (TPSA) is 72.9 Å². The first kappa shape index (κ1) is 14.7. The van der Waals surface area contributed by atoms with E-state index in [1.165, 1.54) is 0 Å². The second-order valence-electron chi connectivity index (χ2n) is 6.22. The van der Waals surface area contributed by atoms with Crippen LogP contribution in [0.2, 0.25) is 0 Å². The highest BCUT2D eigenvalue weighted by Gasteiger charge is 2.17. The molecule has 3 aromatic heterocycles. The van der Waals surface area contributed by atoms with Crippen LogP contribution in [0.5, 0.6) is 11.5 Å². The van der Waals surface area contributed by atoms with Crippen LogP contribution < -0.4 is 9.47 Å². The van der Waals surface area contributed by atoms with Gasteiger partial charge in [-0.2, -0.15) is 0 Å². The Labute approximate surface area is 157 Å². The van der Waals surface area contributed by atoms with E-state index in [0.717, 1.165) is 54.7 Å². The molecule has 4 heterocycles. The number of benzene rings is 2. The van der Waals surface area contributed by atoms with Crippen LogP contribution in [0.3, 0.4) is 0 Å². The average molecular weight is 372 g/mol. The minimum atomic E-state index is 0.259. The summed E-state index contributed by atoms with van der Waals surface area (Å²) >= 11 is 1.63. The van der Waals surface area contributed by atoms with Gasteiger partial charge in [0.2, 0.25) is 6.79 Å². The van der Waals surface area contributed by atoms with Gasteiger partial charge in [-0.15, -0.1) is 11.3 Å². The Morgan fingerprint density at radius 2 is 1.93 bits per heavy atom. The minimum absolute atomic E-state index is 0.259. The van der Waals surface area contributed by atoms with Gasteiger partial charge in [0.15, 0.2) is 11.5 Å². The van der Waals surface area contributed by atoms with E-state index < -0.39 is 0 Å². The van der Waals surface area contributed by atoms with Crippen LogP contribution in [-0.2, 0) is 0 Å². The number of H-pyrrole nitrogens is 1. The summed E-state index contributed by atoms with van der Waals surface area (Å²) in [5.74, 6) is 2.30. The van der Waals surface area contributed by atoms with Crippen molar-refractivity contribution in [2.75, 3.05) is 6.79 Å². The van der Waals surface area contributed by atoms with Crippen molar-refractivity contribution >= 4 is 32.6 Å². The Balaban J connectivity index is 1.51. The third kappa shape index (κ3) is 2.29. The van der Waals surface area contributed by atoms with E-state index in [0.29, 0.717) is 0 Å². The molecular formula is C20H12N4O2S. The van der Waals surface area contributed by atoms with Gasteiger partial charge in [-0.3, -0.25) is 4.98 Å². The molecule has 0 bridgehead atoms. The third-order valence-corrected chi connectivity index (χ3v) is 5.62. The predicted octanol–water partition coefficient (Wildman–Crippen LogP) is 4.63. The number of rotatable bonds is 2. The summed E-state index contributed by atoms with van der Waals surface area (Å²) in [6, 6.07) is 13.8. The van der Waals surface area contributed by atoms with Crippen molar-refractivity contribution in [2.45, 2.75) is 0 Å². The zero-order valence-corrected chi connectivity index (χ0v) is 14.8. The van der Waals surface area contributed by atoms with E-state index in [1.54, 1.807) is 17.5 Å². The highest BCUT2D eigenvalue weighted by molar-refractivity contribution is 7.21. The number of aromatic nitrogens is 4. The molecule has 0 spiro atoms. The second-order valence-corrected chi connectivity index (χ2v) is 7.25. The van der Waals surface area contributed by atoms with Gasteiger partial charge in [-0.1, -0.05) is 6.07 Å². The molecule has 0 amide bonds. The van der Waals surface area contributed by atoms with E-state index in [1.807, 2.05) is 42.6 Å². The predicted molar refractivity (Wildman–Crippen MR) is 104 cm³/mol. The first-order chi connectivity index (χ1) is 13.3. The number of imidazole rings is 1. The summed E-state index contributed by atoms with van der Waals surface area (Å²) in [7, 11) is 0. The molecule has 1 N–H and O–H groups in total. The van der Waals surface area contributed by atoms with Crippen LogP contribution in [0.1, 0.15) is 0 Å². The standard InChI is InChI=1S/C20H12N4O2S/c1-2-12(20-23-13-6-7-21-9-17(13)27-20)18-14(3-1)22-19(24-18)11-4-5-15-16(8-11)26-10-25-15/h1-9H,10H2,(H,22,24). The summed E-state index contributed by atoms with van der Waals surface area (Å²) in [6.07, 6.45) is 3.61. The van der Waals surface area contributed by atoms with Gasteiger partial charge in [0.05, 0.1) is 21.3 Å². The number of pyridine rings is 1. The maximum Gasteiger partial charge on any atom is 0.231 e. The zero-order chi connectivity index (χ0) is 17.8. The second kappa shape index (κ2) is 5.52. The third-order valence-electron chi connectivity index (χ3n) is 4.59. The summed E-state index contributed by atoms with van der Waals surface area (Å²) in [4.78, 5) is 17.2. The van der Waals surface area contributed by atoms with Crippen LogP contribution in [-0.4, -0.2) is 26.7 Å². The van der Waals surface area contributed by atoms with Gasteiger partial charge in [0.25, 0.3) is 0 Å². The number of fused-ring (bicyclic) bond motifs is 3. The maximum atomic E-state index is 5.48. The van der Waals surface area contributed by atoms with Crippen molar-refractivity contribution in [3.8, 4) is 33.5 Å². The van der Waals surface area contributed by atoms with Crippen molar-refractivity contribution in [1.29, 1.82) is 0 Å². The number of hydrogen-bond acceptors (Lipinski definition) is 6. The van der Waals surface area contributed by atoms with Gasteiger partial charge < -0.3 is 14.5 Å². The van der Waals surface area contributed by atoms with Crippen LogP contribution in [0, 0.1) is 0 Å². The Hall–Kier alpha value is -3.45. The quantitative estimate of drug-likeness (QED) is 0.489. The fourth-order valence-corrected chi connectivity index (χ4v) is 4.25. The van der Waals surface area contributed by atoms with Gasteiger partial charge in [0.1, 0.15) is 10.8 Å². The number of para-hydroxylation sites is 1.